The van der Waals surface area contributed by atoms with Crippen LogP contribution in [0.3, 0.4) is 0 Å². The smallest absolute Gasteiger partial charge is 0.344 e. The van der Waals surface area contributed by atoms with Crippen molar-refractivity contribution in [2.24, 2.45) is 0 Å². The number of hydrogen-bond donors (Lipinski definition) is 2. The maximum Gasteiger partial charge on any atom is 0.344 e. The Morgan fingerprint density at radius 1 is 1.15 bits per heavy atom. The van der Waals surface area contributed by atoms with Gasteiger partial charge in [-0.2, -0.15) is 5.01 Å². The molecular weight excluding hydrogens is 338 g/mol. The van der Waals surface area contributed by atoms with Crippen LogP contribution in [0.5, 0.6) is 0 Å². The number of ether oxygens (including phenoxy) is 1. The number of carbonyl (C=O) groups excluding carboxylic acids is 4. The fraction of sp³-hybridized carbons (Fsp3) is 0.444. The Balaban J connectivity index is 1.48. The third-order valence-electron chi connectivity index (χ3n) is 5.28. The number of benzene rings is 1. The standard InChI is InChI=1S/C18H19N3O5/c22-14(13-10-11-6-2-3-7-12(11)15(23)26-13)20-21-16(24)18(19-17(21)25)8-4-1-5-9-18/h2-3,6-7,13H,1,4-5,8-10H2,(H,19,25)(H,20,22)/t13-/m1/s1. The van der Waals surface area contributed by atoms with E-state index in [9.17, 15) is 19.2 Å². The third-order valence-corrected chi connectivity index (χ3v) is 5.28. The fourth-order valence-corrected chi connectivity index (χ4v) is 3.88. The lowest BCUT2D eigenvalue weighted by Crippen LogP contribution is -2.54. The minimum Gasteiger partial charge on any atom is -0.448 e. The molecule has 1 atom stereocenters. The second-order valence-electron chi connectivity index (χ2n) is 6.94. The molecule has 26 heavy (non-hydrogen) atoms. The largest absolute Gasteiger partial charge is 0.448 e. The molecule has 1 saturated heterocycles. The van der Waals surface area contributed by atoms with Crippen LogP contribution in [-0.2, 0) is 20.7 Å². The summed E-state index contributed by atoms with van der Waals surface area (Å²) < 4.78 is 5.17. The summed E-state index contributed by atoms with van der Waals surface area (Å²) in [7, 11) is 0. The number of cyclic esters (lactones) is 1. The molecule has 4 rings (SSSR count). The second-order valence-corrected chi connectivity index (χ2v) is 6.94. The van der Waals surface area contributed by atoms with Crippen LogP contribution in [-0.4, -0.2) is 40.5 Å². The minimum atomic E-state index is -1.08. The first kappa shape index (κ1) is 16.6. The summed E-state index contributed by atoms with van der Waals surface area (Å²) in [5, 5.41) is 3.44. The van der Waals surface area contributed by atoms with Gasteiger partial charge in [0.1, 0.15) is 5.54 Å². The minimum absolute atomic E-state index is 0.197. The van der Waals surface area contributed by atoms with Gasteiger partial charge in [-0.3, -0.25) is 15.0 Å². The molecule has 8 heteroatoms. The van der Waals surface area contributed by atoms with Crippen LogP contribution in [0.1, 0.15) is 48.0 Å². The van der Waals surface area contributed by atoms with E-state index in [1.807, 2.05) is 0 Å². The molecule has 0 bridgehead atoms. The molecule has 3 aliphatic rings. The predicted molar refractivity (Wildman–Crippen MR) is 88.7 cm³/mol. The zero-order valence-electron chi connectivity index (χ0n) is 14.1. The summed E-state index contributed by atoms with van der Waals surface area (Å²) in [5.74, 6) is -1.73. The lowest BCUT2D eigenvalue weighted by Gasteiger charge is -2.30. The molecule has 2 N–H and O–H groups in total. The van der Waals surface area contributed by atoms with Gasteiger partial charge in [0.15, 0.2) is 6.10 Å². The zero-order chi connectivity index (χ0) is 18.3. The number of urea groups is 1. The third kappa shape index (κ3) is 2.61. The molecule has 0 aromatic heterocycles. The van der Waals surface area contributed by atoms with Crippen molar-refractivity contribution in [2.75, 3.05) is 0 Å². The molecule has 1 spiro atoms. The van der Waals surface area contributed by atoms with Gasteiger partial charge in [0.25, 0.3) is 11.8 Å². The Labute approximate surface area is 149 Å². The zero-order valence-corrected chi connectivity index (χ0v) is 14.1. The van der Waals surface area contributed by atoms with Gasteiger partial charge >= 0.3 is 12.0 Å². The number of nitrogens with one attached hydrogen (secondary N) is 2. The van der Waals surface area contributed by atoms with Crippen molar-refractivity contribution in [3.63, 3.8) is 0 Å². The van der Waals surface area contributed by atoms with E-state index in [0.717, 1.165) is 24.3 Å². The highest BCUT2D eigenvalue weighted by molar-refractivity contribution is 6.08. The van der Waals surface area contributed by atoms with Crippen LogP contribution in [0.2, 0.25) is 0 Å². The Hall–Kier alpha value is -2.90. The summed E-state index contributed by atoms with van der Waals surface area (Å²) >= 11 is 0. The number of amides is 4. The quantitative estimate of drug-likeness (QED) is 0.608. The number of fused-ring (bicyclic) bond motifs is 1. The monoisotopic (exact) mass is 357 g/mol. The summed E-state index contributed by atoms with van der Waals surface area (Å²) in [6.07, 6.45) is 2.97. The average Bonchev–Trinajstić information content (AvgIpc) is 2.86. The fourth-order valence-electron chi connectivity index (χ4n) is 3.88. The maximum absolute atomic E-state index is 12.7. The van der Waals surface area contributed by atoms with E-state index in [0.29, 0.717) is 24.0 Å². The number of hydrazine groups is 1. The normalized spacial score (nSPS) is 24.1. The SMILES string of the molecule is O=C1O[C@@H](C(=O)NN2C(=O)NC3(CCCCC3)C2=O)Cc2ccccc21. The van der Waals surface area contributed by atoms with Gasteiger partial charge in [-0.05, 0) is 24.5 Å². The highest BCUT2D eigenvalue weighted by Crippen LogP contribution is 2.33. The number of carbonyl (C=O) groups is 4. The molecule has 2 aliphatic heterocycles. The summed E-state index contributed by atoms with van der Waals surface area (Å²) in [4.78, 5) is 49.5. The summed E-state index contributed by atoms with van der Waals surface area (Å²) in [6, 6.07) is 6.23. The summed E-state index contributed by atoms with van der Waals surface area (Å²) in [6.45, 7) is 0. The van der Waals surface area contributed by atoms with Gasteiger partial charge < -0.3 is 10.1 Å². The number of esters is 1. The average molecular weight is 357 g/mol. The van der Waals surface area contributed by atoms with Gasteiger partial charge in [0.2, 0.25) is 0 Å². The van der Waals surface area contributed by atoms with E-state index in [4.69, 9.17) is 4.74 Å². The van der Waals surface area contributed by atoms with Crippen LogP contribution in [0, 0.1) is 0 Å². The van der Waals surface area contributed by atoms with E-state index in [1.165, 1.54) is 0 Å². The van der Waals surface area contributed by atoms with E-state index >= 15 is 0 Å². The number of nitrogens with zero attached hydrogens (tertiary/aromatic N) is 1. The van der Waals surface area contributed by atoms with Gasteiger partial charge in [-0.25, -0.2) is 9.59 Å². The van der Waals surface area contributed by atoms with Crippen molar-refractivity contribution in [3.8, 4) is 0 Å². The predicted octanol–water partition coefficient (Wildman–Crippen LogP) is 1.05. The Kier molecular flexibility index (Phi) is 3.90. The molecule has 0 radical (unpaired) electrons. The van der Waals surface area contributed by atoms with E-state index in [1.54, 1.807) is 24.3 Å². The highest BCUT2D eigenvalue weighted by Gasteiger charge is 2.52. The van der Waals surface area contributed by atoms with Crippen molar-refractivity contribution < 1.29 is 23.9 Å². The molecule has 8 nitrogen and oxygen atoms in total. The molecule has 1 aliphatic carbocycles. The first-order valence-electron chi connectivity index (χ1n) is 8.76. The van der Waals surface area contributed by atoms with Crippen LogP contribution >= 0.6 is 0 Å². The van der Waals surface area contributed by atoms with Gasteiger partial charge in [-0.1, -0.05) is 37.5 Å². The molecule has 1 aromatic rings. The number of rotatable bonds is 2. The van der Waals surface area contributed by atoms with Crippen LogP contribution < -0.4 is 10.7 Å². The first-order valence-corrected chi connectivity index (χ1v) is 8.76. The molecule has 136 valence electrons. The molecule has 0 unspecified atom stereocenters. The summed E-state index contributed by atoms with van der Waals surface area (Å²) in [5.41, 5.74) is 2.53. The second kappa shape index (κ2) is 6.12. The van der Waals surface area contributed by atoms with E-state index in [2.05, 4.69) is 10.7 Å². The van der Waals surface area contributed by atoms with Crippen molar-refractivity contribution in [1.29, 1.82) is 0 Å². The molecule has 1 aromatic carbocycles. The first-order chi connectivity index (χ1) is 12.5. The number of imide groups is 1. The molecule has 4 amide bonds. The molecule has 1 saturated carbocycles. The Bertz CT molecular complexity index is 800. The van der Waals surface area contributed by atoms with Crippen LogP contribution in [0.4, 0.5) is 4.79 Å². The van der Waals surface area contributed by atoms with Crippen LogP contribution in [0.15, 0.2) is 24.3 Å². The van der Waals surface area contributed by atoms with Gasteiger partial charge in [0.05, 0.1) is 5.56 Å². The van der Waals surface area contributed by atoms with Crippen molar-refractivity contribution in [1.82, 2.24) is 15.8 Å². The number of hydrogen-bond acceptors (Lipinski definition) is 5. The highest BCUT2D eigenvalue weighted by atomic mass is 16.5. The molecule has 2 heterocycles. The van der Waals surface area contributed by atoms with Crippen molar-refractivity contribution >= 4 is 23.8 Å². The van der Waals surface area contributed by atoms with Gasteiger partial charge in [0, 0.05) is 6.42 Å². The van der Waals surface area contributed by atoms with Gasteiger partial charge in [-0.15, -0.1) is 0 Å². The van der Waals surface area contributed by atoms with Crippen molar-refractivity contribution in [2.45, 2.75) is 50.2 Å². The molecule has 2 fully saturated rings. The lowest BCUT2D eigenvalue weighted by atomic mass is 9.82. The maximum atomic E-state index is 12.7. The van der Waals surface area contributed by atoms with Crippen LogP contribution in [0.25, 0.3) is 0 Å². The van der Waals surface area contributed by atoms with E-state index in [-0.39, 0.29) is 6.42 Å². The van der Waals surface area contributed by atoms with Crippen molar-refractivity contribution in [3.05, 3.63) is 35.4 Å². The lowest BCUT2D eigenvalue weighted by molar-refractivity contribution is -0.143. The van der Waals surface area contributed by atoms with E-state index < -0.39 is 35.5 Å². The Morgan fingerprint density at radius 2 is 1.88 bits per heavy atom. The topological polar surface area (TPSA) is 105 Å². The molecular formula is C18H19N3O5. The Morgan fingerprint density at radius 3 is 2.65 bits per heavy atom.